The molecular weight excluding hydrogens is 532 g/mol. The SMILES string of the molecule is COc1cc(/C=N/NC(=O)CCCOc2ccc(C(C)(C)C)cc2Br)ccc1OCCc1ccccc1. The Morgan fingerprint density at radius 1 is 0.946 bits per heavy atom. The van der Waals surface area contributed by atoms with E-state index in [4.69, 9.17) is 14.2 Å². The lowest BCUT2D eigenvalue weighted by Crippen LogP contribution is -2.18. The summed E-state index contributed by atoms with van der Waals surface area (Å²) >= 11 is 3.57. The molecule has 3 aromatic carbocycles. The molecule has 0 radical (unpaired) electrons. The van der Waals surface area contributed by atoms with Crippen LogP contribution in [0.3, 0.4) is 0 Å². The predicted molar refractivity (Wildman–Crippen MR) is 152 cm³/mol. The fourth-order valence-electron chi connectivity index (χ4n) is 3.54. The first-order valence-electron chi connectivity index (χ1n) is 12.4. The van der Waals surface area contributed by atoms with Gasteiger partial charge in [-0.25, -0.2) is 5.43 Å². The van der Waals surface area contributed by atoms with Crippen LogP contribution in [0.1, 0.15) is 50.3 Å². The van der Waals surface area contributed by atoms with Crippen molar-refractivity contribution in [2.75, 3.05) is 20.3 Å². The van der Waals surface area contributed by atoms with E-state index in [1.807, 2.05) is 42.5 Å². The lowest BCUT2D eigenvalue weighted by atomic mass is 9.87. The molecule has 196 valence electrons. The lowest BCUT2D eigenvalue weighted by Gasteiger charge is -2.20. The van der Waals surface area contributed by atoms with E-state index < -0.39 is 0 Å². The van der Waals surface area contributed by atoms with Crippen LogP contribution >= 0.6 is 15.9 Å². The smallest absolute Gasteiger partial charge is 0.240 e. The molecule has 3 aromatic rings. The molecule has 0 atom stereocenters. The molecule has 0 saturated carbocycles. The van der Waals surface area contributed by atoms with Gasteiger partial charge in [-0.2, -0.15) is 5.10 Å². The summed E-state index contributed by atoms with van der Waals surface area (Å²) in [5.41, 5.74) is 5.87. The maximum Gasteiger partial charge on any atom is 0.240 e. The molecule has 0 bridgehead atoms. The molecule has 3 rings (SSSR count). The monoisotopic (exact) mass is 566 g/mol. The Balaban J connectivity index is 1.40. The summed E-state index contributed by atoms with van der Waals surface area (Å²) in [5.74, 6) is 1.88. The van der Waals surface area contributed by atoms with E-state index in [1.54, 1.807) is 13.3 Å². The third-order valence-electron chi connectivity index (χ3n) is 5.69. The third kappa shape index (κ3) is 9.25. The Labute approximate surface area is 228 Å². The number of halogens is 1. The van der Waals surface area contributed by atoms with E-state index in [2.05, 4.69) is 71.5 Å². The maximum atomic E-state index is 12.1. The van der Waals surface area contributed by atoms with E-state index in [1.165, 1.54) is 11.1 Å². The number of ether oxygens (including phenoxy) is 3. The van der Waals surface area contributed by atoms with Crippen molar-refractivity contribution in [2.45, 2.75) is 45.4 Å². The first-order valence-corrected chi connectivity index (χ1v) is 13.1. The predicted octanol–water partition coefficient (Wildman–Crippen LogP) is 6.69. The van der Waals surface area contributed by atoms with Gasteiger partial charge < -0.3 is 14.2 Å². The van der Waals surface area contributed by atoms with Gasteiger partial charge in [0.15, 0.2) is 11.5 Å². The molecule has 0 fully saturated rings. The standard InChI is InChI=1S/C30H35BrN2O4/c1-30(2,3)24-13-15-26(25(31)20-24)36-17-8-11-29(34)33-32-21-23-12-14-27(28(19-23)35-4)37-18-16-22-9-6-5-7-10-22/h5-7,9-10,12-15,19-21H,8,11,16-18H2,1-4H3,(H,33,34)/b32-21+. The van der Waals surface area contributed by atoms with Gasteiger partial charge in [0, 0.05) is 12.8 Å². The van der Waals surface area contributed by atoms with Crippen LogP contribution in [0.25, 0.3) is 0 Å². The van der Waals surface area contributed by atoms with Crippen molar-refractivity contribution in [3.63, 3.8) is 0 Å². The van der Waals surface area contributed by atoms with Gasteiger partial charge in [-0.3, -0.25) is 4.79 Å². The van der Waals surface area contributed by atoms with Crippen molar-refractivity contribution in [1.82, 2.24) is 5.43 Å². The van der Waals surface area contributed by atoms with Crippen LogP contribution in [-0.2, 0) is 16.6 Å². The van der Waals surface area contributed by atoms with E-state index in [-0.39, 0.29) is 11.3 Å². The van der Waals surface area contributed by atoms with Crippen LogP contribution in [-0.4, -0.2) is 32.4 Å². The van der Waals surface area contributed by atoms with Gasteiger partial charge in [-0.05, 0) is 74.8 Å². The molecule has 0 unspecified atom stereocenters. The van der Waals surface area contributed by atoms with Crippen molar-refractivity contribution >= 4 is 28.1 Å². The zero-order valence-corrected chi connectivity index (χ0v) is 23.5. The summed E-state index contributed by atoms with van der Waals surface area (Å²) < 4.78 is 18.1. The highest BCUT2D eigenvalue weighted by Gasteiger charge is 2.15. The van der Waals surface area contributed by atoms with Gasteiger partial charge in [-0.15, -0.1) is 0 Å². The minimum atomic E-state index is -0.171. The first-order chi connectivity index (χ1) is 17.8. The Morgan fingerprint density at radius 2 is 1.68 bits per heavy atom. The fraction of sp³-hybridized carbons (Fsp3) is 0.333. The highest BCUT2D eigenvalue weighted by atomic mass is 79.9. The van der Waals surface area contributed by atoms with Crippen LogP contribution in [0.4, 0.5) is 0 Å². The molecule has 37 heavy (non-hydrogen) atoms. The summed E-state index contributed by atoms with van der Waals surface area (Å²) in [6, 6.07) is 21.8. The molecule has 6 nitrogen and oxygen atoms in total. The number of nitrogens with one attached hydrogen (secondary N) is 1. The molecule has 0 aromatic heterocycles. The van der Waals surface area contributed by atoms with Crippen molar-refractivity contribution in [2.24, 2.45) is 5.10 Å². The zero-order chi connectivity index (χ0) is 26.7. The van der Waals surface area contributed by atoms with Crippen LogP contribution in [0.5, 0.6) is 17.2 Å². The van der Waals surface area contributed by atoms with E-state index >= 15 is 0 Å². The average molecular weight is 568 g/mol. The summed E-state index contributed by atoms with van der Waals surface area (Å²) in [7, 11) is 1.60. The van der Waals surface area contributed by atoms with Gasteiger partial charge in [0.2, 0.25) is 5.91 Å². The molecule has 1 N–H and O–H groups in total. The van der Waals surface area contributed by atoms with Crippen molar-refractivity contribution < 1.29 is 19.0 Å². The number of rotatable bonds is 12. The molecule has 0 aliphatic heterocycles. The second-order valence-electron chi connectivity index (χ2n) is 9.63. The number of hydrogen-bond donors (Lipinski definition) is 1. The maximum absolute atomic E-state index is 12.1. The van der Waals surface area contributed by atoms with Crippen LogP contribution < -0.4 is 19.6 Å². The molecule has 0 aliphatic rings. The molecule has 1 amide bonds. The van der Waals surface area contributed by atoms with Gasteiger partial charge in [0.25, 0.3) is 0 Å². The van der Waals surface area contributed by atoms with Crippen molar-refractivity contribution in [3.8, 4) is 17.2 Å². The summed E-state index contributed by atoms with van der Waals surface area (Å²) in [6.45, 7) is 7.50. The number of amides is 1. The average Bonchev–Trinajstić information content (AvgIpc) is 2.88. The minimum Gasteiger partial charge on any atom is -0.493 e. The van der Waals surface area contributed by atoms with Gasteiger partial charge in [0.1, 0.15) is 5.75 Å². The van der Waals surface area contributed by atoms with Gasteiger partial charge in [0.05, 0.1) is 31.0 Å². The van der Waals surface area contributed by atoms with Crippen molar-refractivity contribution in [1.29, 1.82) is 0 Å². The molecule has 0 spiro atoms. The Kier molecular flexibility index (Phi) is 10.6. The molecule has 7 heteroatoms. The number of carbonyl (C=O) groups is 1. The van der Waals surface area contributed by atoms with Crippen LogP contribution in [0.15, 0.2) is 76.3 Å². The van der Waals surface area contributed by atoms with Crippen molar-refractivity contribution in [3.05, 3.63) is 87.9 Å². The number of nitrogens with zero attached hydrogens (tertiary/aromatic N) is 1. The topological polar surface area (TPSA) is 69.2 Å². The van der Waals surface area contributed by atoms with Crippen LogP contribution in [0, 0.1) is 0 Å². The number of methoxy groups -OCH3 is 1. The normalized spacial score (nSPS) is 11.4. The second-order valence-corrected chi connectivity index (χ2v) is 10.5. The largest absolute Gasteiger partial charge is 0.493 e. The lowest BCUT2D eigenvalue weighted by molar-refractivity contribution is -0.121. The van der Waals surface area contributed by atoms with E-state index in [9.17, 15) is 4.79 Å². The molecule has 0 heterocycles. The molecule has 0 aliphatic carbocycles. The summed E-state index contributed by atoms with van der Waals surface area (Å²) in [6.07, 6.45) is 3.29. The Bertz CT molecular complexity index is 1190. The van der Waals surface area contributed by atoms with Gasteiger partial charge >= 0.3 is 0 Å². The number of hydrogen-bond acceptors (Lipinski definition) is 5. The fourth-order valence-corrected chi connectivity index (χ4v) is 4.03. The minimum absolute atomic E-state index is 0.0725. The highest BCUT2D eigenvalue weighted by Crippen LogP contribution is 2.31. The van der Waals surface area contributed by atoms with Crippen LogP contribution in [0.2, 0.25) is 0 Å². The Morgan fingerprint density at radius 3 is 2.38 bits per heavy atom. The zero-order valence-electron chi connectivity index (χ0n) is 21.9. The number of hydrazone groups is 1. The first kappa shape index (κ1) is 28.3. The quantitative estimate of drug-likeness (QED) is 0.151. The van der Waals surface area contributed by atoms with E-state index in [0.717, 1.165) is 22.2 Å². The molecular formula is C30H35BrN2O4. The number of benzene rings is 3. The molecule has 0 saturated heterocycles. The highest BCUT2D eigenvalue weighted by molar-refractivity contribution is 9.10. The second kappa shape index (κ2) is 13.8. The number of carbonyl (C=O) groups excluding carboxylic acids is 1. The van der Waals surface area contributed by atoms with Gasteiger partial charge in [-0.1, -0.05) is 57.2 Å². The van der Waals surface area contributed by atoms with E-state index in [0.29, 0.717) is 37.6 Å². The Hall–Kier alpha value is -3.32. The summed E-state index contributed by atoms with van der Waals surface area (Å²) in [4.78, 5) is 12.1. The third-order valence-corrected chi connectivity index (χ3v) is 6.31. The summed E-state index contributed by atoms with van der Waals surface area (Å²) in [5, 5.41) is 4.06.